The quantitative estimate of drug-likeness (QED) is 0.473. The van der Waals surface area contributed by atoms with Gasteiger partial charge in [-0.2, -0.15) is 9.78 Å². The lowest BCUT2D eigenvalue weighted by Gasteiger charge is -2.16. The highest BCUT2D eigenvalue weighted by molar-refractivity contribution is 7.99. The Morgan fingerprint density at radius 3 is 2.82 bits per heavy atom. The van der Waals surface area contributed by atoms with Crippen LogP contribution in [0.4, 0.5) is 5.69 Å². The molecule has 6 nitrogen and oxygen atoms in total. The van der Waals surface area contributed by atoms with E-state index in [-0.39, 0.29) is 11.7 Å². The summed E-state index contributed by atoms with van der Waals surface area (Å²) in [7, 11) is 0. The van der Waals surface area contributed by atoms with Crippen molar-refractivity contribution in [2.45, 2.75) is 18.5 Å². The van der Waals surface area contributed by atoms with Crippen molar-refractivity contribution in [2.75, 3.05) is 17.2 Å². The van der Waals surface area contributed by atoms with Gasteiger partial charge in [0.15, 0.2) is 5.82 Å². The number of rotatable bonds is 5. The molecule has 1 amide bonds. The van der Waals surface area contributed by atoms with Crippen LogP contribution in [0.5, 0.6) is 0 Å². The average molecular weight is 412 g/mol. The Morgan fingerprint density at radius 2 is 2.00 bits per heavy atom. The number of carbonyl (C=O) groups excluding carboxylic acids is 1. The van der Waals surface area contributed by atoms with Crippen LogP contribution in [0.15, 0.2) is 58.8 Å². The number of nitrogens with zero attached hydrogens (tertiary/aromatic N) is 5. The number of para-hydroxylation sites is 1. The zero-order valence-corrected chi connectivity index (χ0v) is 16.8. The zero-order chi connectivity index (χ0) is 19.5. The normalized spacial score (nSPS) is 13.3. The van der Waals surface area contributed by atoms with Crippen molar-refractivity contribution in [1.82, 2.24) is 14.9 Å². The Morgan fingerprint density at radius 1 is 1.21 bits per heavy atom. The third-order valence-electron chi connectivity index (χ3n) is 4.47. The van der Waals surface area contributed by atoms with Gasteiger partial charge in [-0.25, -0.2) is 0 Å². The fourth-order valence-corrected chi connectivity index (χ4v) is 3.97. The highest BCUT2D eigenvalue weighted by Crippen LogP contribution is 2.28. The van der Waals surface area contributed by atoms with Gasteiger partial charge in [0.1, 0.15) is 0 Å². The average Bonchev–Trinajstić information content (AvgIpc) is 3.29. The third-order valence-corrected chi connectivity index (χ3v) is 5.63. The summed E-state index contributed by atoms with van der Waals surface area (Å²) < 4.78 is 1.64. The Bertz CT molecular complexity index is 1030. The van der Waals surface area contributed by atoms with Crippen molar-refractivity contribution in [1.29, 1.82) is 0 Å². The number of benzene rings is 2. The number of thioether (sulfide) groups is 1. The van der Waals surface area contributed by atoms with Crippen LogP contribution in [0.1, 0.15) is 17.0 Å². The first-order valence-electron chi connectivity index (χ1n) is 8.85. The van der Waals surface area contributed by atoms with E-state index in [1.54, 1.807) is 10.9 Å². The van der Waals surface area contributed by atoms with Crippen LogP contribution in [0, 0.1) is 6.92 Å². The van der Waals surface area contributed by atoms with E-state index in [0.29, 0.717) is 16.0 Å². The molecule has 4 rings (SSSR count). The predicted octanol–water partition coefficient (Wildman–Crippen LogP) is 3.80. The maximum Gasteiger partial charge on any atom is 0.237 e. The van der Waals surface area contributed by atoms with Gasteiger partial charge in [0.25, 0.3) is 0 Å². The summed E-state index contributed by atoms with van der Waals surface area (Å²) in [6.45, 7) is 2.55. The summed E-state index contributed by atoms with van der Waals surface area (Å²) >= 11 is 7.25. The molecule has 0 spiro atoms. The summed E-state index contributed by atoms with van der Waals surface area (Å²) in [6.07, 6.45) is 2.61. The number of aryl methyl sites for hydroxylation is 1. The van der Waals surface area contributed by atoms with E-state index in [0.717, 1.165) is 24.2 Å². The van der Waals surface area contributed by atoms with Gasteiger partial charge in [-0.15, -0.1) is 10.2 Å². The van der Waals surface area contributed by atoms with Crippen LogP contribution >= 0.6 is 23.4 Å². The van der Waals surface area contributed by atoms with E-state index in [4.69, 9.17) is 11.6 Å². The molecule has 0 atom stereocenters. The summed E-state index contributed by atoms with van der Waals surface area (Å²) in [6, 6.07) is 15.4. The molecule has 0 saturated heterocycles. The molecule has 0 bridgehead atoms. The largest absolute Gasteiger partial charge is 0.311 e. The topological polar surface area (TPSA) is 63.4 Å². The summed E-state index contributed by atoms with van der Waals surface area (Å²) in [4.78, 5) is 14.5. The molecule has 0 saturated carbocycles. The molecule has 142 valence electrons. The van der Waals surface area contributed by atoms with E-state index >= 15 is 0 Å². The van der Waals surface area contributed by atoms with Crippen LogP contribution in [0.25, 0.3) is 0 Å². The fraction of sp³-hybridized carbons (Fsp3) is 0.200. The molecule has 2 heterocycles. The molecule has 1 aliphatic rings. The standard InChI is InChI=1S/C20H18ClN5OS/c1-14-23-24-20(26(14)22-12-15-6-8-17(21)9-7-15)28-13-19(27)25-11-10-16-4-2-3-5-18(16)25/h2-9,12H,10-11,13H2,1H3/b22-12+. The van der Waals surface area contributed by atoms with Crippen molar-refractivity contribution in [3.63, 3.8) is 0 Å². The SMILES string of the molecule is Cc1nnc(SCC(=O)N2CCc3ccccc32)n1/N=C/c1ccc(Cl)cc1. The summed E-state index contributed by atoms with van der Waals surface area (Å²) in [5, 5.41) is 14.0. The maximum absolute atomic E-state index is 12.7. The van der Waals surface area contributed by atoms with Crippen molar-refractivity contribution in [2.24, 2.45) is 5.10 Å². The van der Waals surface area contributed by atoms with E-state index in [1.807, 2.05) is 54.3 Å². The monoisotopic (exact) mass is 411 g/mol. The van der Waals surface area contributed by atoms with E-state index in [2.05, 4.69) is 21.4 Å². The molecule has 0 unspecified atom stereocenters. The second-order valence-corrected chi connectivity index (χ2v) is 7.73. The minimum Gasteiger partial charge on any atom is -0.311 e. The smallest absolute Gasteiger partial charge is 0.237 e. The lowest BCUT2D eigenvalue weighted by molar-refractivity contribution is -0.116. The van der Waals surface area contributed by atoms with Gasteiger partial charge in [-0.3, -0.25) is 4.79 Å². The molecule has 28 heavy (non-hydrogen) atoms. The molecule has 8 heteroatoms. The number of amides is 1. The van der Waals surface area contributed by atoms with Crippen LogP contribution < -0.4 is 4.90 Å². The first-order valence-corrected chi connectivity index (χ1v) is 10.2. The molecule has 0 fully saturated rings. The number of fused-ring (bicyclic) bond motifs is 1. The second-order valence-electron chi connectivity index (χ2n) is 6.35. The van der Waals surface area contributed by atoms with Crippen molar-refractivity contribution >= 4 is 41.2 Å². The number of carbonyl (C=O) groups is 1. The van der Waals surface area contributed by atoms with Crippen molar-refractivity contribution in [3.8, 4) is 0 Å². The second kappa shape index (κ2) is 8.16. The van der Waals surface area contributed by atoms with E-state index < -0.39 is 0 Å². The predicted molar refractivity (Wildman–Crippen MR) is 112 cm³/mol. The molecule has 1 aromatic heterocycles. The Labute approximate surface area is 172 Å². The fourth-order valence-electron chi connectivity index (χ4n) is 3.04. The summed E-state index contributed by atoms with van der Waals surface area (Å²) in [5.74, 6) is 0.999. The number of hydrogen-bond donors (Lipinski definition) is 0. The molecular weight excluding hydrogens is 394 g/mol. The number of hydrogen-bond acceptors (Lipinski definition) is 5. The van der Waals surface area contributed by atoms with Gasteiger partial charge in [-0.1, -0.05) is 53.7 Å². The van der Waals surface area contributed by atoms with Gasteiger partial charge in [0.05, 0.1) is 12.0 Å². The Balaban J connectivity index is 1.45. The first-order chi connectivity index (χ1) is 13.6. The number of halogens is 1. The maximum atomic E-state index is 12.7. The third kappa shape index (κ3) is 3.95. The molecule has 3 aromatic rings. The highest BCUT2D eigenvalue weighted by atomic mass is 35.5. The molecule has 0 N–H and O–H groups in total. The summed E-state index contributed by atoms with van der Waals surface area (Å²) in [5.41, 5.74) is 3.14. The van der Waals surface area contributed by atoms with Crippen LogP contribution in [0.2, 0.25) is 5.02 Å². The van der Waals surface area contributed by atoms with Gasteiger partial charge >= 0.3 is 0 Å². The van der Waals surface area contributed by atoms with Crippen molar-refractivity contribution < 1.29 is 4.79 Å². The van der Waals surface area contributed by atoms with Crippen LogP contribution in [0.3, 0.4) is 0 Å². The minimum atomic E-state index is 0.0591. The lowest BCUT2D eigenvalue weighted by atomic mass is 10.2. The molecule has 2 aromatic carbocycles. The number of anilines is 1. The first kappa shape index (κ1) is 18.7. The minimum absolute atomic E-state index is 0.0591. The molecule has 1 aliphatic heterocycles. The van der Waals surface area contributed by atoms with Gasteiger partial charge in [0, 0.05) is 17.3 Å². The van der Waals surface area contributed by atoms with Gasteiger partial charge < -0.3 is 4.90 Å². The van der Waals surface area contributed by atoms with E-state index in [1.165, 1.54) is 17.3 Å². The lowest BCUT2D eigenvalue weighted by Crippen LogP contribution is -2.30. The molecule has 0 radical (unpaired) electrons. The Kier molecular flexibility index (Phi) is 5.45. The van der Waals surface area contributed by atoms with Crippen LogP contribution in [-0.4, -0.2) is 39.3 Å². The molecular formula is C20H18ClN5OS. The zero-order valence-electron chi connectivity index (χ0n) is 15.2. The van der Waals surface area contributed by atoms with Gasteiger partial charge in [0.2, 0.25) is 11.1 Å². The van der Waals surface area contributed by atoms with Crippen LogP contribution in [-0.2, 0) is 11.2 Å². The van der Waals surface area contributed by atoms with Gasteiger partial charge in [-0.05, 0) is 42.7 Å². The number of aromatic nitrogens is 3. The van der Waals surface area contributed by atoms with E-state index in [9.17, 15) is 4.79 Å². The highest BCUT2D eigenvalue weighted by Gasteiger charge is 2.24. The van der Waals surface area contributed by atoms with Crippen molar-refractivity contribution in [3.05, 3.63) is 70.5 Å². The Hall–Kier alpha value is -2.64. The molecule has 0 aliphatic carbocycles.